The van der Waals surface area contributed by atoms with E-state index < -0.39 is 6.10 Å². The summed E-state index contributed by atoms with van der Waals surface area (Å²) in [6.45, 7) is 5.44. The molecule has 1 fully saturated rings. The molecule has 1 aliphatic heterocycles. The highest BCUT2D eigenvalue weighted by Crippen LogP contribution is 2.31. The Labute approximate surface area is 113 Å². The highest BCUT2D eigenvalue weighted by atomic mass is 19.1. The summed E-state index contributed by atoms with van der Waals surface area (Å²) >= 11 is 0. The topological polar surface area (TPSA) is 40.5 Å². The van der Waals surface area contributed by atoms with E-state index in [1.54, 1.807) is 12.1 Å². The Morgan fingerprint density at radius 1 is 1.37 bits per heavy atom. The third kappa shape index (κ3) is 3.32. The van der Waals surface area contributed by atoms with Crippen molar-refractivity contribution in [3.63, 3.8) is 0 Å². The number of halogens is 1. The van der Waals surface area contributed by atoms with E-state index in [2.05, 4.69) is 13.8 Å². The SMILES string of the molecule is CC(C)CN1CC(C(O)c2ccc(F)cc2)CC1=O. The van der Waals surface area contributed by atoms with Gasteiger partial charge in [0.15, 0.2) is 0 Å². The van der Waals surface area contributed by atoms with Gasteiger partial charge in [0.25, 0.3) is 0 Å². The monoisotopic (exact) mass is 265 g/mol. The van der Waals surface area contributed by atoms with Crippen LogP contribution in [-0.2, 0) is 4.79 Å². The molecule has 19 heavy (non-hydrogen) atoms. The molecule has 0 saturated carbocycles. The second kappa shape index (κ2) is 5.70. The van der Waals surface area contributed by atoms with Crippen molar-refractivity contribution in [1.82, 2.24) is 4.90 Å². The number of rotatable bonds is 4. The molecule has 0 aliphatic carbocycles. The zero-order chi connectivity index (χ0) is 14.0. The van der Waals surface area contributed by atoms with Crippen LogP contribution in [0, 0.1) is 17.7 Å². The van der Waals surface area contributed by atoms with E-state index >= 15 is 0 Å². The van der Waals surface area contributed by atoms with Crippen LogP contribution in [0.2, 0.25) is 0 Å². The maximum Gasteiger partial charge on any atom is 0.223 e. The minimum absolute atomic E-state index is 0.0971. The van der Waals surface area contributed by atoms with Crippen molar-refractivity contribution in [2.75, 3.05) is 13.1 Å². The Bertz CT molecular complexity index is 444. The van der Waals surface area contributed by atoms with Gasteiger partial charge in [0.05, 0.1) is 6.10 Å². The Morgan fingerprint density at radius 3 is 2.58 bits per heavy atom. The lowest BCUT2D eigenvalue weighted by Gasteiger charge is -2.21. The predicted octanol–water partition coefficient (Wildman–Crippen LogP) is 2.36. The highest BCUT2D eigenvalue weighted by Gasteiger charge is 2.34. The second-order valence-electron chi connectivity index (χ2n) is 5.65. The average Bonchev–Trinajstić information content (AvgIpc) is 2.70. The van der Waals surface area contributed by atoms with Crippen molar-refractivity contribution in [3.05, 3.63) is 35.6 Å². The van der Waals surface area contributed by atoms with Crippen molar-refractivity contribution in [3.8, 4) is 0 Å². The number of aliphatic hydroxyl groups excluding tert-OH is 1. The number of nitrogens with zero attached hydrogens (tertiary/aromatic N) is 1. The van der Waals surface area contributed by atoms with Gasteiger partial charge in [0.1, 0.15) is 5.82 Å². The molecule has 1 N–H and O–H groups in total. The van der Waals surface area contributed by atoms with Gasteiger partial charge in [-0.3, -0.25) is 4.79 Å². The van der Waals surface area contributed by atoms with Crippen molar-refractivity contribution >= 4 is 5.91 Å². The first kappa shape index (κ1) is 14.0. The molecule has 104 valence electrons. The molecule has 3 nitrogen and oxygen atoms in total. The van der Waals surface area contributed by atoms with Gasteiger partial charge in [-0.1, -0.05) is 26.0 Å². The van der Waals surface area contributed by atoms with E-state index in [9.17, 15) is 14.3 Å². The summed E-state index contributed by atoms with van der Waals surface area (Å²) in [5, 5.41) is 10.3. The summed E-state index contributed by atoms with van der Waals surface area (Å²) in [7, 11) is 0. The van der Waals surface area contributed by atoms with Crippen LogP contribution in [-0.4, -0.2) is 29.0 Å². The largest absolute Gasteiger partial charge is 0.388 e. The molecule has 0 spiro atoms. The molecule has 2 unspecified atom stereocenters. The van der Waals surface area contributed by atoms with Gasteiger partial charge in [-0.05, 0) is 23.6 Å². The molecule has 1 heterocycles. The molecule has 1 amide bonds. The number of likely N-dealkylation sites (tertiary alicyclic amines) is 1. The Hall–Kier alpha value is -1.42. The fourth-order valence-corrected chi connectivity index (χ4v) is 2.56. The molecule has 2 rings (SSSR count). The minimum atomic E-state index is -0.707. The predicted molar refractivity (Wildman–Crippen MR) is 70.9 cm³/mol. The second-order valence-corrected chi connectivity index (χ2v) is 5.65. The fourth-order valence-electron chi connectivity index (χ4n) is 2.56. The lowest BCUT2D eigenvalue weighted by atomic mass is 9.95. The maximum atomic E-state index is 12.9. The maximum absolute atomic E-state index is 12.9. The van der Waals surface area contributed by atoms with Crippen LogP contribution in [0.1, 0.15) is 31.9 Å². The first-order valence-corrected chi connectivity index (χ1v) is 6.68. The zero-order valence-electron chi connectivity index (χ0n) is 11.3. The lowest BCUT2D eigenvalue weighted by molar-refractivity contribution is -0.128. The van der Waals surface area contributed by atoms with Gasteiger partial charge in [0.2, 0.25) is 5.91 Å². The first-order valence-electron chi connectivity index (χ1n) is 6.68. The Morgan fingerprint density at radius 2 is 2.00 bits per heavy atom. The molecule has 2 atom stereocenters. The normalized spacial score (nSPS) is 21.2. The van der Waals surface area contributed by atoms with E-state index in [-0.39, 0.29) is 17.6 Å². The third-order valence-corrected chi connectivity index (χ3v) is 3.49. The molecule has 1 aromatic rings. The van der Waals surface area contributed by atoms with Crippen LogP contribution >= 0.6 is 0 Å². The summed E-state index contributed by atoms with van der Waals surface area (Å²) in [6, 6.07) is 5.83. The summed E-state index contributed by atoms with van der Waals surface area (Å²) < 4.78 is 12.9. The van der Waals surface area contributed by atoms with E-state index in [1.165, 1.54) is 12.1 Å². The average molecular weight is 265 g/mol. The summed E-state index contributed by atoms with van der Waals surface area (Å²) in [5.74, 6) is 0.0992. The van der Waals surface area contributed by atoms with E-state index in [0.29, 0.717) is 24.4 Å². The van der Waals surface area contributed by atoms with E-state index in [0.717, 1.165) is 6.54 Å². The van der Waals surface area contributed by atoms with Crippen LogP contribution in [0.15, 0.2) is 24.3 Å². The van der Waals surface area contributed by atoms with Crippen LogP contribution in [0.3, 0.4) is 0 Å². The van der Waals surface area contributed by atoms with E-state index in [1.807, 2.05) is 4.90 Å². The van der Waals surface area contributed by atoms with Gasteiger partial charge in [-0.15, -0.1) is 0 Å². The fraction of sp³-hybridized carbons (Fsp3) is 0.533. The van der Waals surface area contributed by atoms with Crippen molar-refractivity contribution in [2.45, 2.75) is 26.4 Å². The molecule has 0 aromatic heterocycles. The number of amides is 1. The molecule has 1 aliphatic rings. The van der Waals surface area contributed by atoms with Crippen LogP contribution in [0.4, 0.5) is 4.39 Å². The first-order chi connectivity index (χ1) is 8.97. The summed E-state index contributed by atoms with van der Waals surface area (Å²) in [6.07, 6.45) is -0.340. The van der Waals surface area contributed by atoms with E-state index in [4.69, 9.17) is 0 Å². The number of benzene rings is 1. The quantitative estimate of drug-likeness (QED) is 0.908. The van der Waals surface area contributed by atoms with Crippen LogP contribution in [0.5, 0.6) is 0 Å². The van der Waals surface area contributed by atoms with Crippen molar-refractivity contribution < 1.29 is 14.3 Å². The number of carbonyl (C=O) groups is 1. The Balaban J connectivity index is 2.03. The van der Waals surface area contributed by atoms with Crippen molar-refractivity contribution in [1.29, 1.82) is 0 Å². The zero-order valence-corrected chi connectivity index (χ0v) is 11.3. The number of carbonyl (C=O) groups excluding carboxylic acids is 1. The van der Waals surface area contributed by atoms with Gasteiger partial charge in [-0.25, -0.2) is 4.39 Å². The molecule has 4 heteroatoms. The molecular formula is C15H20FNO2. The third-order valence-electron chi connectivity index (χ3n) is 3.49. The van der Waals surface area contributed by atoms with Gasteiger partial charge >= 0.3 is 0 Å². The lowest BCUT2D eigenvalue weighted by Crippen LogP contribution is -2.29. The molecule has 0 radical (unpaired) electrons. The van der Waals surface area contributed by atoms with Crippen molar-refractivity contribution in [2.24, 2.45) is 11.8 Å². The number of aliphatic hydroxyl groups is 1. The van der Waals surface area contributed by atoms with Gasteiger partial charge < -0.3 is 10.0 Å². The summed E-state index contributed by atoms with van der Waals surface area (Å²) in [5.41, 5.74) is 0.672. The standard InChI is InChI=1S/C15H20FNO2/c1-10(2)8-17-9-12(7-14(17)18)15(19)11-3-5-13(16)6-4-11/h3-6,10,12,15,19H,7-9H2,1-2H3. The van der Waals surface area contributed by atoms with Gasteiger partial charge in [-0.2, -0.15) is 0 Å². The number of hydrogen-bond acceptors (Lipinski definition) is 2. The molecule has 0 bridgehead atoms. The van der Waals surface area contributed by atoms with Crippen LogP contribution in [0.25, 0.3) is 0 Å². The smallest absolute Gasteiger partial charge is 0.223 e. The minimum Gasteiger partial charge on any atom is -0.388 e. The number of hydrogen-bond donors (Lipinski definition) is 1. The highest BCUT2D eigenvalue weighted by molar-refractivity contribution is 5.78. The van der Waals surface area contributed by atoms with Crippen LogP contribution < -0.4 is 0 Å². The van der Waals surface area contributed by atoms with Gasteiger partial charge in [0, 0.05) is 25.4 Å². The molecule has 1 aromatic carbocycles. The molecule has 1 saturated heterocycles. The summed E-state index contributed by atoms with van der Waals surface area (Å²) in [4.78, 5) is 13.7. The molecular weight excluding hydrogens is 245 g/mol. The Kier molecular flexibility index (Phi) is 4.20.